The minimum absolute atomic E-state index is 0.402. The number of nitrogens with zero attached hydrogens (tertiary/aromatic N) is 2. The van der Waals surface area contributed by atoms with Gasteiger partial charge in [-0.05, 0) is 25.9 Å². The Bertz CT molecular complexity index is 342. The van der Waals surface area contributed by atoms with Crippen LogP contribution in [0, 0.1) is 0 Å². The highest BCUT2D eigenvalue weighted by Gasteiger charge is 2.12. The van der Waals surface area contributed by atoms with E-state index in [9.17, 15) is 0 Å². The highest BCUT2D eigenvalue weighted by molar-refractivity contribution is 7.80. The van der Waals surface area contributed by atoms with E-state index in [-0.39, 0.29) is 0 Å². The first-order chi connectivity index (χ1) is 7.25. The predicted molar refractivity (Wildman–Crippen MR) is 67.4 cm³/mol. The zero-order chi connectivity index (χ0) is 10.7. The van der Waals surface area contributed by atoms with Gasteiger partial charge in [0.15, 0.2) is 0 Å². The lowest BCUT2D eigenvalue weighted by Gasteiger charge is -2.12. The molecule has 0 spiro atoms. The van der Waals surface area contributed by atoms with Crippen molar-refractivity contribution in [3.8, 4) is 0 Å². The van der Waals surface area contributed by atoms with Gasteiger partial charge in [-0.25, -0.2) is 4.98 Å². The summed E-state index contributed by atoms with van der Waals surface area (Å²) in [7, 11) is 0. The number of aromatic nitrogens is 1. The van der Waals surface area contributed by atoms with Crippen molar-refractivity contribution in [1.82, 2.24) is 9.88 Å². The van der Waals surface area contributed by atoms with E-state index in [1.54, 1.807) is 11.3 Å². The molecule has 2 heterocycles. The van der Waals surface area contributed by atoms with Gasteiger partial charge in [-0.2, -0.15) is 0 Å². The molecule has 0 aliphatic carbocycles. The molecule has 15 heavy (non-hydrogen) atoms. The van der Waals surface area contributed by atoms with E-state index >= 15 is 0 Å². The molecule has 0 bridgehead atoms. The van der Waals surface area contributed by atoms with Gasteiger partial charge in [0, 0.05) is 18.3 Å². The molecule has 0 unspecified atom stereocenters. The average molecular weight is 241 g/mol. The summed E-state index contributed by atoms with van der Waals surface area (Å²) in [5, 5.41) is 3.09. The number of nitrogens with two attached hydrogens (primary N) is 1. The molecule has 5 heteroatoms. The number of hydrogen-bond acceptors (Lipinski definition) is 4. The minimum Gasteiger partial charge on any atom is -0.388 e. The summed E-state index contributed by atoms with van der Waals surface area (Å²) in [6, 6.07) is 0. The topological polar surface area (TPSA) is 42.1 Å². The van der Waals surface area contributed by atoms with Crippen molar-refractivity contribution in [2.24, 2.45) is 5.73 Å². The third-order valence-electron chi connectivity index (χ3n) is 2.64. The Kier molecular flexibility index (Phi) is 3.66. The van der Waals surface area contributed by atoms with Gasteiger partial charge in [0.25, 0.3) is 0 Å². The molecule has 1 saturated heterocycles. The van der Waals surface area contributed by atoms with E-state index in [1.807, 2.05) is 5.38 Å². The van der Waals surface area contributed by atoms with Crippen LogP contribution in [0.15, 0.2) is 5.38 Å². The molecule has 0 saturated carbocycles. The fraction of sp³-hybridized carbons (Fsp3) is 0.600. The van der Waals surface area contributed by atoms with Crippen LogP contribution in [0.5, 0.6) is 0 Å². The number of thiocarbonyl (C=S) groups is 1. The maximum atomic E-state index is 5.51. The van der Waals surface area contributed by atoms with Crippen molar-refractivity contribution in [2.75, 3.05) is 19.6 Å². The molecule has 0 aromatic carbocycles. The fourth-order valence-electron chi connectivity index (χ4n) is 1.80. The Morgan fingerprint density at radius 2 is 2.27 bits per heavy atom. The lowest BCUT2D eigenvalue weighted by atomic mass is 10.4. The molecule has 2 rings (SSSR count). The van der Waals surface area contributed by atoms with E-state index < -0.39 is 0 Å². The van der Waals surface area contributed by atoms with Gasteiger partial charge >= 0.3 is 0 Å². The quantitative estimate of drug-likeness (QED) is 0.810. The summed E-state index contributed by atoms with van der Waals surface area (Å²) >= 11 is 6.53. The summed E-state index contributed by atoms with van der Waals surface area (Å²) in [5.41, 5.74) is 6.28. The standard InChI is InChI=1S/C10H15N3S2/c11-10(14)8-7-15-9(12-8)3-6-13-4-1-2-5-13/h7H,1-6H2,(H2,11,14). The SMILES string of the molecule is NC(=S)c1csc(CCN2CCCC2)n1. The Labute approximate surface area is 99.3 Å². The van der Waals surface area contributed by atoms with Crippen LogP contribution in [0.1, 0.15) is 23.5 Å². The third-order valence-corrected chi connectivity index (χ3v) is 3.76. The van der Waals surface area contributed by atoms with Crippen LogP contribution >= 0.6 is 23.6 Å². The Morgan fingerprint density at radius 1 is 1.53 bits per heavy atom. The van der Waals surface area contributed by atoms with Crippen LogP contribution in [0.25, 0.3) is 0 Å². The normalized spacial score (nSPS) is 17.1. The zero-order valence-electron chi connectivity index (χ0n) is 8.61. The number of thiazole rings is 1. The second-order valence-electron chi connectivity index (χ2n) is 3.79. The minimum atomic E-state index is 0.402. The molecule has 1 aromatic rings. The van der Waals surface area contributed by atoms with Crippen LogP contribution in [-0.2, 0) is 6.42 Å². The van der Waals surface area contributed by atoms with E-state index in [4.69, 9.17) is 18.0 Å². The smallest absolute Gasteiger partial charge is 0.123 e. The summed E-state index contributed by atoms with van der Waals surface area (Å²) in [6.07, 6.45) is 3.71. The van der Waals surface area contributed by atoms with E-state index in [0.717, 1.165) is 23.7 Å². The molecule has 0 amide bonds. The molecule has 1 aliphatic heterocycles. The highest BCUT2D eigenvalue weighted by atomic mass is 32.1. The van der Waals surface area contributed by atoms with Crippen molar-refractivity contribution in [1.29, 1.82) is 0 Å². The summed E-state index contributed by atoms with van der Waals surface area (Å²) < 4.78 is 0. The van der Waals surface area contributed by atoms with Crippen molar-refractivity contribution in [3.05, 3.63) is 16.1 Å². The van der Waals surface area contributed by atoms with E-state index in [0.29, 0.717) is 4.99 Å². The molecule has 82 valence electrons. The largest absolute Gasteiger partial charge is 0.388 e. The Morgan fingerprint density at radius 3 is 2.87 bits per heavy atom. The second kappa shape index (κ2) is 5.01. The number of likely N-dealkylation sites (tertiary alicyclic amines) is 1. The van der Waals surface area contributed by atoms with Crippen molar-refractivity contribution in [2.45, 2.75) is 19.3 Å². The number of hydrogen-bond donors (Lipinski definition) is 1. The first-order valence-electron chi connectivity index (χ1n) is 5.22. The molecular formula is C10H15N3S2. The third kappa shape index (κ3) is 2.96. The predicted octanol–water partition coefficient (Wildman–Crippen LogP) is 1.42. The van der Waals surface area contributed by atoms with Gasteiger partial charge in [-0.1, -0.05) is 12.2 Å². The first kappa shape index (κ1) is 11.0. The van der Waals surface area contributed by atoms with Gasteiger partial charge in [-0.15, -0.1) is 11.3 Å². The van der Waals surface area contributed by atoms with Crippen LogP contribution < -0.4 is 5.73 Å². The molecular weight excluding hydrogens is 226 g/mol. The summed E-state index contributed by atoms with van der Waals surface area (Å²) in [6.45, 7) is 3.60. The summed E-state index contributed by atoms with van der Waals surface area (Å²) in [4.78, 5) is 7.29. The molecule has 1 aromatic heterocycles. The van der Waals surface area contributed by atoms with Crippen LogP contribution in [0.3, 0.4) is 0 Å². The highest BCUT2D eigenvalue weighted by Crippen LogP contribution is 2.13. The first-order valence-corrected chi connectivity index (χ1v) is 6.51. The fourth-order valence-corrected chi connectivity index (χ4v) is 2.77. The Balaban J connectivity index is 1.84. The molecule has 1 aliphatic rings. The van der Waals surface area contributed by atoms with Crippen molar-refractivity contribution in [3.63, 3.8) is 0 Å². The van der Waals surface area contributed by atoms with Gasteiger partial charge in [0.1, 0.15) is 10.7 Å². The van der Waals surface area contributed by atoms with Crippen molar-refractivity contribution >= 4 is 28.5 Å². The van der Waals surface area contributed by atoms with Gasteiger partial charge in [-0.3, -0.25) is 0 Å². The van der Waals surface area contributed by atoms with E-state index in [1.165, 1.54) is 25.9 Å². The maximum Gasteiger partial charge on any atom is 0.123 e. The van der Waals surface area contributed by atoms with E-state index in [2.05, 4.69) is 9.88 Å². The average Bonchev–Trinajstić information content (AvgIpc) is 2.86. The van der Waals surface area contributed by atoms with Crippen LogP contribution in [0.4, 0.5) is 0 Å². The maximum absolute atomic E-state index is 5.51. The lowest BCUT2D eigenvalue weighted by Crippen LogP contribution is -2.22. The Hall–Kier alpha value is -0.520. The van der Waals surface area contributed by atoms with Crippen LogP contribution in [-0.4, -0.2) is 34.5 Å². The van der Waals surface area contributed by atoms with Crippen LogP contribution in [0.2, 0.25) is 0 Å². The van der Waals surface area contributed by atoms with Gasteiger partial charge in [0.05, 0.1) is 5.01 Å². The lowest BCUT2D eigenvalue weighted by molar-refractivity contribution is 0.343. The molecule has 2 N–H and O–H groups in total. The monoisotopic (exact) mass is 241 g/mol. The zero-order valence-corrected chi connectivity index (χ0v) is 10.2. The second-order valence-corrected chi connectivity index (χ2v) is 5.17. The molecule has 0 atom stereocenters. The number of rotatable bonds is 4. The molecule has 0 radical (unpaired) electrons. The molecule has 1 fully saturated rings. The van der Waals surface area contributed by atoms with Crippen molar-refractivity contribution < 1.29 is 0 Å². The molecule has 3 nitrogen and oxygen atoms in total. The van der Waals surface area contributed by atoms with Gasteiger partial charge < -0.3 is 10.6 Å². The summed E-state index contributed by atoms with van der Waals surface area (Å²) in [5.74, 6) is 0. The van der Waals surface area contributed by atoms with Gasteiger partial charge in [0.2, 0.25) is 0 Å².